The summed E-state index contributed by atoms with van der Waals surface area (Å²) in [6.07, 6.45) is 5.18. The van der Waals surface area contributed by atoms with Crippen molar-refractivity contribution in [3.8, 4) is 0 Å². The molecule has 1 amide bonds. The number of aromatic nitrogens is 5. The van der Waals surface area contributed by atoms with Gasteiger partial charge in [0.15, 0.2) is 11.2 Å². The molecule has 0 spiro atoms. The summed E-state index contributed by atoms with van der Waals surface area (Å²) in [5, 5.41) is 2.97. The van der Waals surface area contributed by atoms with Crippen molar-refractivity contribution in [3.63, 3.8) is 0 Å². The molecule has 0 aliphatic carbocycles. The zero-order chi connectivity index (χ0) is 21.3. The summed E-state index contributed by atoms with van der Waals surface area (Å²) in [5.74, 6) is 1.21. The molecule has 1 aliphatic rings. The Morgan fingerprint density at radius 1 is 1.13 bits per heavy atom. The highest BCUT2D eigenvalue weighted by Gasteiger charge is 2.21. The first-order chi connectivity index (χ1) is 14.5. The number of piperidine rings is 1. The van der Waals surface area contributed by atoms with Crippen molar-refractivity contribution < 1.29 is 4.79 Å². The average molecular weight is 411 g/mol. The maximum absolute atomic E-state index is 12.5. The van der Waals surface area contributed by atoms with Crippen LogP contribution in [0.2, 0.25) is 0 Å². The SMILES string of the molecule is Cn1c(=O)c2c(ncn2CC(=O)NCC2CCN(c3ccccn3)CC2)n(C)c1=O. The van der Waals surface area contributed by atoms with Crippen LogP contribution in [0.1, 0.15) is 12.8 Å². The molecule has 3 aromatic heterocycles. The third-order valence-electron chi connectivity index (χ3n) is 5.71. The largest absolute Gasteiger partial charge is 0.357 e. The van der Waals surface area contributed by atoms with Gasteiger partial charge in [-0.2, -0.15) is 0 Å². The van der Waals surface area contributed by atoms with E-state index in [1.165, 1.54) is 22.5 Å². The molecule has 0 atom stereocenters. The quantitative estimate of drug-likeness (QED) is 0.626. The van der Waals surface area contributed by atoms with Gasteiger partial charge in [0.2, 0.25) is 5.91 Å². The molecule has 0 aromatic carbocycles. The lowest BCUT2D eigenvalue weighted by molar-refractivity contribution is -0.121. The van der Waals surface area contributed by atoms with E-state index in [-0.39, 0.29) is 23.6 Å². The van der Waals surface area contributed by atoms with Crippen molar-refractivity contribution in [2.75, 3.05) is 24.5 Å². The number of nitrogens with zero attached hydrogens (tertiary/aromatic N) is 6. The maximum Gasteiger partial charge on any atom is 0.332 e. The lowest BCUT2D eigenvalue weighted by atomic mass is 9.97. The van der Waals surface area contributed by atoms with Crippen molar-refractivity contribution in [3.05, 3.63) is 51.6 Å². The minimum atomic E-state index is -0.458. The first kappa shape index (κ1) is 19.9. The van der Waals surface area contributed by atoms with Crippen molar-refractivity contribution in [2.24, 2.45) is 20.0 Å². The van der Waals surface area contributed by atoms with Crippen LogP contribution in [0.3, 0.4) is 0 Å². The second-order valence-electron chi connectivity index (χ2n) is 7.67. The molecule has 10 nitrogen and oxygen atoms in total. The Kier molecular flexibility index (Phi) is 5.39. The van der Waals surface area contributed by atoms with Crippen LogP contribution in [0.25, 0.3) is 11.2 Å². The predicted octanol–water partition coefficient (Wildman–Crippen LogP) is -0.138. The van der Waals surface area contributed by atoms with Crippen LogP contribution < -0.4 is 21.5 Å². The molecule has 1 saturated heterocycles. The van der Waals surface area contributed by atoms with Gasteiger partial charge in [-0.15, -0.1) is 0 Å². The first-order valence-corrected chi connectivity index (χ1v) is 9.99. The number of anilines is 1. The second kappa shape index (κ2) is 8.13. The van der Waals surface area contributed by atoms with Gasteiger partial charge in [0.25, 0.3) is 5.56 Å². The van der Waals surface area contributed by atoms with E-state index in [2.05, 4.69) is 20.2 Å². The van der Waals surface area contributed by atoms with Gasteiger partial charge in [-0.3, -0.25) is 18.7 Å². The zero-order valence-electron chi connectivity index (χ0n) is 17.1. The summed E-state index contributed by atoms with van der Waals surface area (Å²) in [7, 11) is 2.97. The predicted molar refractivity (Wildman–Crippen MR) is 112 cm³/mol. The molecular formula is C20H25N7O3. The molecule has 1 fully saturated rings. The minimum Gasteiger partial charge on any atom is -0.357 e. The van der Waals surface area contributed by atoms with E-state index in [4.69, 9.17) is 0 Å². The molecule has 0 bridgehead atoms. The molecule has 158 valence electrons. The van der Waals surface area contributed by atoms with Gasteiger partial charge in [0.1, 0.15) is 12.4 Å². The van der Waals surface area contributed by atoms with Crippen LogP contribution in [-0.2, 0) is 25.4 Å². The summed E-state index contributed by atoms with van der Waals surface area (Å²) >= 11 is 0. The monoisotopic (exact) mass is 411 g/mol. The van der Waals surface area contributed by atoms with E-state index >= 15 is 0 Å². The Labute approximate surface area is 172 Å². The maximum atomic E-state index is 12.5. The summed E-state index contributed by atoms with van der Waals surface area (Å²) < 4.78 is 3.82. The lowest BCUT2D eigenvalue weighted by Gasteiger charge is -2.32. The van der Waals surface area contributed by atoms with Gasteiger partial charge >= 0.3 is 5.69 Å². The molecule has 4 rings (SSSR count). The summed E-state index contributed by atoms with van der Waals surface area (Å²) in [4.78, 5) is 47.7. The zero-order valence-corrected chi connectivity index (χ0v) is 17.1. The van der Waals surface area contributed by atoms with Crippen molar-refractivity contribution in [1.29, 1.82) is 0 Å². The number of carbonyl (C=O) groups is 1. The molecule has 1 N–H and O–H groups in total. The van der Waals surface area contributed by atoms with Crippen LogP contribution in [-0.4, -0.2) is 49.2 Å². The molecule has 10 heteroatoms. The number of imidazole rings is 1. The fourth-order valence-corrected chi connectivity index (χ4v) is 3.89. The number of rotatable bonds is 5. The standard InChI is InChI=1S/C20H25N7O3/c1-24-18-17(19(29)25(2)20(24)30)27(13-23-18)12-16(28)22-11-14-6-9-26(10-7-14)15-5-3-4-8-21-15/h3-5,8,13-14H,6-7,9-12H2,1-2H3,(H,22,28). The summed E-state index contributed by atoms with van der Waals surface area (Å²) in [6.45, 7) is 2.40. The molecule has 0 unspecified atom stereocenters. The smallest absolute Gasteiger partial charge is 0.332 e. The van der Waals surface area contributed by atoms with Crippen LogP contribution in [0, 0.1) is 5.92 Å². The lowest BCUT2D eigenvalue weighted by Crippen LogP contribution is -2.40. The molecule has 4 heterocycles. The van der Waals surface area contributed by atoms with Crippen LogP contribution in [0.4, 0.5) is 5.82 Å². The van der Waals surface area contributed by atoms with Gasteiger partial charge < -0.3 is 14.8 Å². The van der Waals surface area contributed by atoms with Gasteiger partial charge in [-0.25, -0.2) is 14.8 Å². The topological polar surface area (TPSA) is 107 Å². The highest BCUT2D eigenvalue weighted by molar-refractivity contribution is 5.78. The van der Waals surface area contributed by atoms with E-state index in [1.54, 1.807) is 13.2 Å². The van der Waals surface area contributed by atoms with Gasteiger partial charge in [-0.1, -0.05) is 6.07 Å². The van der Waals surface area contributed by atoms with E-state index in [0.717, 1.165) is 36.3 Å². The highest BCUT2D eigenvalue weighted by Crippen LogP contribution is 2.20. The number of hydrogen-bond acceptors (Lipinski definition) is 6. The van der Waals surface area contributed by atoms with Crippen LogP contribution in [0.15, 0.2) is 40.3 Å². The normalized spacial score (nSPS) is 14.9. The van der Waals surface area contributed by atoms with Gasteiger partial charge in [0, 0.05) is 39.9 Å². The average Bonchev–Trinajstić information content (AvgIpc) is 3.19. The molecule has 30 heavy (non-hydrogen) atoms. The van der Waals surface area contributed by atoms with Crippen molar-refractivity contribution in [1.82, 2.24) is 29.0 Å². The third-order valence-corrected chi connectivity index (χ3v) is 5.71. The Balaban J connectivity index is 1.35. The fourth-order valence-electron chi connectivity index (χ4n) is 3.89. The number of pyridine rings is 1. The van der Waals surface area contributed by atoms with E-state index in [9.17, 15) is 14.4 Å². The fraction of sp³-hybridized carbons (Fsp3) is 0.450. The molecule has 0 saturated carbocycles. The van der Waals surface area contributed by atoms with Gasteiger partial charge in [0.05, 0.1) is 6.33 Å². The van der Waals surface area contributed by atoms with Gasteiger partial charge in [-0.05, 0) is 30.9 Å². The Morgan fingerprint density at radius 3 is 2.60 bits per heavy atom. The first-order valence-electron chi connectivity index (χ1n) is 9.99. The summed E-state index contributed by atoms with van der Waals surface area (Å²) in [5.41, 5.74) is -0.379. The van der Waals surface area contributed by atoms with E-state index in [1.807, 2.05) is 18.2 Å². The van der Waals surface area contributed by atoms with Crippen molar-refractivity contribution >= 4 is 22.9 Å². The van der Waals surface area contributed by atoms with Crippen molar-refractivity contribution in [2.45, 2.75) is 19.4 Å². The summed E-state index contributed by atoms with van der Waals surface area (Å²) in [6, 6.07) is 5.90. The second-order valence-corrected chi connectivity index (χ2v) is 7.67. The Bertz CT molecular complexity index is 1170. The third kappa shape index (κ3) is 3.72. The highest BCUT2D eigenvalue weighted by atomic mass is 16.2. The number of carbonyl (C=O) groups excluding carboxylic acids is 1. The van der Waals surface area contributed by atoms with Crippen LogP contribution >= 0.6 is 0 Å². The molecule has 1 aliphatic heterocycles. The number of aryl methyl sites for hydroxylation is 1. The van der Waals surface area contributed by atoms with E-state index in [0.29, 0.717) is 12.5 Å². The Morgan fingerprint density at radius 2 is 1.90 bits per heavy atom. The van der Waals surface area contributed by atoms with Crippen LogP contribution in [0.5, 0.6) is 0 Å². The number of amides is 1. The Hall–Kier alpha value is -3.43. The number of hydrogen-bond donors (Lipinski definition) is 1. The number of fused-ring (bicyclic) bond motifs is 1. The minimum absolute atomic E-state index is 0.0171. The molecular weight excluding hydrogens is 386 g/mol. The molecule has 3 aromatic rings. The molecule has 0 radical (unpaired) electrons. The van der Waals surface area contributed by atoms with E-state index < -0.39 is 11.2 Å². The number of nitrogens with one attached hydrogen (secondary N) is 1.